The molecule has 5 aliphatic rings. The quantitative estimate of drug-likeness (QED) is 0.421. The zero-order valence-corrected chi connectivity index (χ0v) is 26.6. The summed E-state index contributed by atoms with van der Waals surface area (Å²) in [6.07, 6.45) is 4.69. The minimum Gasteiger partial charge on any atom is -0.381 e. The smallest absolute Gasteiger partial charge is 0.381 e. The molecule has 2 bridgehead atoms. The standard InChI is InChI=1S/C31H40F3N11O3/c32-31(33,34)21-15-42(16-21)30(47)45-24-3-4-25(45)19-41(18-24)26-2-1-7-44-28(26)37-29(38-44)36-22-14-35-43(17-22)20-27(46)40-10-8-39(9-11-40)23-5-12-48-13-6-23/h1-2,7,14,17,21,23-25H,3-6,8-13,15-16,18-20H2,(H,36,38). The number of hydrogen-bond acceptors (Lipinski definition) is 9. The second kappa shape index (κ2) is 12.4. The lowest BCUT2D eigenvalue weighted by molar-refractivity contribution is -0.203. The Labute approximate surface area is 275 Å². The number of urea groups is 1. The zero-order valence-electron chi connectivity index (χ0n) is 26.6. The molecule has 14 nitrogen and oxygen atoms in total. The summed E-state index contributed by atoms with van der Waals surface area (Å²) in [5, 5.41) is 12.2. The van der Waals surface area contributed by atoms with Crippen LogP contribution in [0.15, 0.2) is 30.7 Å². The van der Waals surface area contributed by atoms with Crippen LogP contribution in [0, 0.1) is 5.92 Å². The topological polar surface area (TPSA) is 120 Å². The highest BCUT2D eigenvalue weighted by Gasteiger charge is 2.52. The van der Waals surface area contributed by atoms with Gasteiger partial charge in [-0.1, -0.05) is 0 Å². The van der Waals surface area contributed by atoms with Gasteiger partial charge in [0.2, 0.25) is 11.9 Å². The molecule has 2 unspecified atom stereocenters. The average Bonchev–Trinajstić information content (AvgIpc) is 3.75. The van der Waals surface area contributed by atoms with Crippen LogP contribution in [0.5, 0.6) is 0 Å². The van der Waals surface area contributed by atoms with Crippen molar-refractivity contribution >= 4 is 34.9 Å². The summed E-state index contributed by atoms with van der Waals surface area (Å²) in [5.74, 6) is -1.01. The lowest BCUT2D eigenvalue weighted by atomic mass is 10.00. The Morgan fingerprint density at radius 1 is 0.938 bits per heavy atom. The lowest BCUT2D eigenvalue weighted by Crippen LogP contribution is -2.64. The van der Waals surface area contributed by atoms with Gasteiger partial charge in [-0.05, 0) is 37.8 Å². The molecule has 48 heavy (non-hydrogen) atoms. The Morgan fingerprint density at radius 2 is 1.67 bits per heavy atom. The maximum Gasteiger partial charge on any atom is 0.395 e. The Kier molecular flexibility index (Phi) is 8.05. The molecule has 3 amide bonds. The number of likely N-dealkylation sites (tertiary alicyclic amines) is 1. The zero-order chi connectivity index (χ0) is 33.0. The number of alkyl halides is 3. The van der Waals surface area contributed by atoms with Crippen LogP contribution in [0.25, 0.3) is 5.65 Å². The van der Waals surface area contributed by atoms with Crippen LogP contribution in [-0.2, 0) is 16.1 Å². The summed E-state index contributed by atoms with van der Waals surface area (Å²) in [6.45, 7) is 5.57. The van der Waals surface area contributed by atoms with Gasteiger partial charge in [0.1, 0.15) is 6.54 Å². The highest BCUT2D eigenvalue weighted by molar-refractivity contribution is 5.78. The molecule has 5 saturated heterocycles. The van der Waals surface area contributed by atoms with Gasteiger partial charge in [-0.25, -0.2) is 9.31 Å². The number of carbonyl (C=O) groups is 2. The molecule has 1 N–H and O–H groups in total. The van der Waals surface area contributed by atoms with Crippen molar-refractivity contribution in [2.75, 3.05) is 75.8 Å². The first kappa shape index (κ1) is 31.2. The molecular formula is C31H40F3N11O3. The van der Waals surface area contributed by atoms with Gasteiger partial charge in [-0.3, -0.25) is 14.4 Å². The van der Waals surface area contributed by atoms with Gasteiger partial charge >= 0.3 is 12.2 Å². The number of pyridine rings is 1. The minimum atomic E-state index is -4.26. The van der Waals surface area contributed by atoms with Crippen molar-refractivity contribution in [1.29, 1.82) is 0 Å². The van der Waals surface area contributed by atoms with E-state index in [0.717, 1.165) is 57.7 Å². The Hall–Kier alpha value is -4.12. The normalized spacial score (nSPS) is 24.4. The molecule has 3 aromatic heterocycles. The first-order chi connectivity index (χ1) is 23.2. The number of rotatable bonds is 6. The second-order valence-corrected chi connectivity index (χ2v) is 13.5. The van der Waals surface area contributed by atoms with E-state index in [4.69, 9.17) is 9.72 Å². The van der Waals surface area contributed by atoms with E-state index in [1.165, 1.54) is 4.90 Å². The molecule has 0 aliphatic carbocycles. The van der Waals surface area contributed by atoms with Crippen LogP contribution in [-0.4, -0.2) is 146 Å². The fourth-order valence-electron chi connectivity index (χ4n) is 7.88. The largest absolute Gasteiger partial charge is 0.395 e. The molecule has 0 saturated carbocycles. The van der Waals surface area contributed by atoms with Crippen LogP contribution in [0.3, 0.4) is 0 Å². The number of nitrogens with zero attached hydrogens (tertiary/aromatic N) is 10. The van der Waals surface area contributed by atoms with Crippen LogP contribution >= 0.6 is 0 Å². The monoisotopic (exact) mass is 671 g/mol. The maximum absolute atomic E-state index is 13.2. The van der Waals surface area contributed by atoms with Crippen molar-refractivity contribution in [3.63, 3.8) is 0 Å². The van der Waals surface area contributed by atoms with Gasteiger partial charge in [0.15, 0.2) is 5.65 Å². The number of nitrogens with one attached hydrogen (secondary N) is 1. The number of anilines is 3. The minimum absolute atomic E-state index is 0.0397. The molecular weight excluding hydrogens is 631 g/mol. The SMILES string of the molecule is O=C(Cn1cc(Nc2nc3c(N4CC5CCC(C4)N5C(=O)N4CC(C(F)(F)F)C4)cccn3n2)cn1)N1CCN(C2CCOCC2)CC1. The Bertz CT molecular complexity index is 1630. The first-order valence-electron chi connectivity index (χ1n) is 16.8. The highest BCUT2D eigenvalue weighted by atomic mass is 19.4. The third-order valence-electron chi connectivity index (χ3n) is 10.6. The van der Waals surface area contributed by atoms with Crippen LogP contribution < -0.4 is 10.2 Å². The third kappa shape index (κ3) is 6.01. The van der Waals surface area contributed by atoms with Gasteiger partial charge in [0.05, 0.1) is 35.6 Å². The summed E-state index contributed by atoms with van der Waals surface area (Å²) >= 11 is 0. The molecule has 2 atom stereocenters. The Morgan fingerprint density at radius 3 is 2.38 bits per heavy atom. The molecule has 3 aromatic rings. The predicted molar refractivity (Wildman–Crippen MR) is 168 cm³/mol. The number of ether oxygens (including phenoxy) is 1. The number of piperazine rings is 2. The molecule has 0 aromatic carbocycles. The summed E-state index contributed by atoms with van der Waals surface area (Å²) in [6, 6.07) is 3.97. The summed E-state index contributed by atoms with van der Waals surface area (Å²) in [4.78, 5) is 40.7. The van der Waals surface area contributed by atoms with E-state index in [0.29, 0.717) is 49.5 Å². The highest BCUT2D eigenvalue weighted by Crippen LogP contribution is 2.38. The van der Waals surface area contributed by atoms with Gasteiger partial charge in [0, 0.05) is 84.0 Å². The molecule has 0 radical (unpaired) electrons. The molecule has 8 heterocycles. The average molecular weight is 672 g/mol. The van der Waals surface area contributed by atoms with Gasteiger partial charge in [-0.2, -0.15) is 23.3 Å². The van der Waals surface area contributed by atoms with Crippen LogP contribution in [0.2, 0.25) is 0 Å². The van der Waals surface area contributed by atoms with Crippen molar-refractivity contribution < 1.29 is 27.5 Å². The van der Waals surface area contributed by atoms with Gasteiger partial charge in [-0.15, -0.1) is 5.10 Å². The number of carbonyl (C=O) groups excluding carboxylic acids is 2. The van der Waals surface area contributed by atoms with Crippen molar-refractivity contribution in [3.05, 3.63) is 30.7 Å². The number of halogens is 3. The van der Waals surface area contributed by atoms with Gasteiger partial charge < -0.3 is 29.7 Å². The molecule has 8 rings (SSSR count). The van der Waals surface area contributed by atoms with E-state index in [9.17, 15) is 22.8 Å². The van der Waals surface area contributed by atoms with E-state index in [-0.39, 0.29) is 43.7 Å². The maximum atomic E-state index is 13.2. The number of hydrogen-bond donors (Lipinski definition) is 1. The van der Waals surface area contributed by atoms with E-state index < -0.39 is 12.1 Å². The summed E-state index contributed by atoms with van der Waals surface area (Å²) in [5.41, 5.74) is 2.19. The van der Waals surface area contributed by atoms with Crippen molar-refractivity contribution in [3.8, 4) is 0 Å². The summed E-state index contributed by atoms with van der Waals surface area (Å²) in [7, 11) is 0. The van der Waals surface area contributed by atoms with Crippen LogP contribution in [0.4, 0.5) is 35.3 Å². The van der Waals surface area contributed by atoms with Gasteiger partial charge in [0.25, 0.3) is 0 Å². The lowest BCUT2D eigenvalue weighted by Gasteiger charge is -2.47. The van der Waals surface area contributed by atoms with E-state index in [1.807, 2.05) is 23.2 Å². The molecule has 17 heteroatoms. The predicted octanol–water partition coefficient (Wildman–Crippen LogP) is 2.26. The first-order valence-corrected chi connectivity index (χ1v) is 16.8. The number of aromatic nitrogens is 5. The number of fused-ring (bicyclic) bond motifs is 3. The number of amides is 3. The molecule has 5 fully saturated rings. The molecule has 5 aliphatic heterocycles. The van der Waals surface area contributed by atoms with E-state index >= 15 is 0 Å². The second-order valence-electron chi connectivity index (χ2n) is 13.5. The van der Waals surface area contributed by atoms with Crippen molar-refractivity contribution in [2.45, 2.75) is 56.5 Å². The Balaban J connectivity index is 0.874. The van der Waals surface area contributed by atoms with Crippen molar-refractivity contribution in [1.82, 2.24) is 44.0 Å². The summed E-state index contributed by atoms with van der Waals surface area (Å²) < 4.78 is 47.8. The van der Waals surface area contributed by atoms with Crippen LogP contribution in [0.1, 0.15) is 25.7 Å². The third-order valence-corrected chi connectivity index (χ3v) is 10.6. The van der Waals surface area contributed by atoms with Crippen molar-refractivity contribution in [2.24, 2.45) is 5.92 Å². The fourth-order valence-corrected chi connectivity index (χ4v) is 7.88. The fraction of sp³-hybridized carbons (Fsp3) is 0.645. The van der Waals surface area contributed by atoms with E-state index in [2.05, 4.69) is 25.3 Å². The molecule has 0 spiro atoms. The van der Waals surface area contributed by atoms with E-state index in [1.54, 1.807) is 26.5 Å². The molecule has 258 valence electrons.